The lowest BCUT2D eigenvalue weighted by molar-refractivity contribution is -0.136. The minimum Gasteiger partial charge on any atom is -0.495 e. The second-order valence-electron chi connectivity index (χ2n) is 11.5. The van der Waals surface area contributed by atoms with Crippen molar-refractivity contribution in [3.05, 3.63) is 96.4 Å². The van der Waals surface area contributed by atoms with Crippen molar-refractivity contribution in [1.82, 2.24) is 24.6 Å². The fraction of sp³-hybridized carbons (Fsp3) is 0.222. The van der Waals surface area contributed by atoms with E-state index in [1.54, 1.807) is 25.4 Å². The number of hydrogen-bond acceptors (Lipinski definition) is 10. The zero-order valence-corrected chi connectivity index (χ0v) is 26.5. The number of nitrogens with one attached hydrogen (secondary N) is 2. The van der Waals surface area contributed by atoms with Gasteiger partial charge in [0, 0.05) is 30.9 Å². The van der Waals surface area contributed by atoms with Gasteiger partial charge in [0.1, 0.15) is 35.6 Å². The molecule has 248 valence electrons. The van der Waals surface area contributed by atoms with Crippen molar-refractivity contribution < 1.29 is 33.4 Å². The third-order valence-corrected chi connectivity index (χ3v) is 8.40. The highest BCUT2D eigenvalue weighted by Crippen LogP contribution is 2.33. The number of anilines is 1. The third kappa shape index (κ3) is 6.43. The average molecular weight is 661 g/mol. The van der Waals surface area contributed by atoms with Gasteiger partial charge < -0.3 is 23.9 Å². The van der Waals surface area contributed by atoms with Crippen molar-refractivity contribution in [2.75, 3.05) is 38.8 Å². The summed E-state index contributed by atoms with van der Waals surface area (Å²) < 4.78 is 18.8. The van der Waals surface area contributed by atoms with Crippen LogP contribution in [0.1, 0.15) is 33.6 Å². The Morgan fingerprint density at radius 1 is 0.898 bits per heavy atom. The SMILES string of the molecule is COc1ccc2nc(-c3ccc(-c4ccnc(NCCOCCOc5cccc6c5C(=O)N(C5CCC(=O)NC5=O)C6=O)c4)cc3)cn2c1. The molecule has 4 amide bonds. The number of pyridine rings is 2. The zero-order chi connectivity index (χ0) is 33.9. The molecule has 3 aromatic heterocycles. The molecule has 2 aromatic carbocycles. The number of hydrogen-bond donors (Lipinski definition) is 2. The van der Waals surface area contributed by atoms with Gasteiger partial charge in [0.25, 0.3) is 11.8 Å². The molecule has 0 saturated carbocycles. The van der Waals surface area contributed by atoms with E-state index in [0.29, 0.717) is 19.0 Å². The number of carbonyl (C=O) groups excluding carboxylic acids is 4. The van der Waals surface area contributed by atoms with Crippen molar-refractivity contribution in [2.45, 2.75) is 18.9 Å². The second kappa shape index (κ2) is 13.6. The van der Waals surface area contributed by atoms with Gasteiger partial charge in [-0.2, -0.15) is 0 Å². The molecule has 13 heteroatoms. The first kappa shape index (κ1) is 31.5. The van der Waals surface area contributed by atoms with E-state index in [2.05, 4.69) is 27.8 Å². The molecule has 2 N–H and O–H groups in total. The third-order valence-electron chi connectivity index (χ3n) is 8.40. The predicted molar refractivity (Wildman–Crippen MR) is 178 cm³/mol. The van der Waals surface area contributed by atoms with E-state index in [0.717, 1.165) is 38.7 Å². The molecule has 0 bridgehead atoms. The maximum atomic E-state index is 13.2. The summed E-state index contributed by atoms with van der Waals surface area (Å²) in [5.41, 5.74) is 5.04. The number of aromatic nitrogens is 3. The normalized spacial score (nSPS) is 15.8. The Labute approximate surface area is 280 Å². The van der Waals surface area contributed by atoms with Crippen LogP contribution in [0.15, 0.2) is 85.3 Å². The Kier molecular flexibility index (Phi) is 8.73. The lowest BCUT2D eigenvalue weighted by atomic mass is 10.0. The molecule has 7 rings (SSSR count). The van der Waals surface area contributed by atoms with Crippen LogP contribution >= 0.6 is 0 Å². The summed E-state index contributed by atoms with van der Waals surface area (Å²) in [6, 6.07) is 19.6. The van der Waals surface area contributed by atoms with Gasteiger partial charge in [-0.1, -0.05) is 30.3 Å². The first-order chi connectivity index (χ1) is 23.9. The quantitative estimate of drug-likeness (QED) is 0.148. The van der Waals surface area contributed by atoms with Crippen LogP contribution in [-0.4, -0.2) is 82.4 Å². The minimum absolute atomic E-state index is 0.0529. The number of methoxy groups -OCH3 is 1. The van der Waals surface area contributed by atoms with E-state index >= 15 is 0 Å². The van der Waals surface area contributed by atoms with Crippen molar-refractivity contribution >= 4 is 35.1 Å². The van der Waals surface area contributed by atoms with Crippen molar-refractivity contribution in [1.29, 1.82) is 0 Å². The molecule has 1 unspecified atom stereocenters. The lowest BCUT2D eigenvalue weighted by Gasteiger charge is -2.27. The molecule has 49 heavy (non-hydrogen) atoms. The second-order valence-corrected chi connectivity index (χ2v) is 11.5. The van der Waals surface area contributed by atoms with Gasteiger partial charge in [0.2, 0.25) is 11.8 Å². The molecule has 0 aliphatic carbocycles. The smallest absolute Gasteiger partial charge is 0.266 e. The highest BCUT2D eigenvalue weighted by Gasteiger charge is 2.46. The van der Waals surface area contributed by atoms with E-state index in [4.69, 9.17) is 19.2 Å². The Morgan fingerprint density at radius 3 is 2.55 bits per heavy atom. The molecule has 1 saturated heterocycles. The first-order valence-corrected chi connectivity index (χ1v) is 15.8. The van der Waals surface area contributed by atoms with Gasteiger partial charge in [0.15, 0.2) is 0 Å². The number of nitrogens with zero attached hydrogens (tertiary/aromatic N) is 4. The molecule has 1 fully saturated rings. The number of fused-ring (bicyclic) bond motifs is 2. The summed E-state index contributed by atoms with van der Waals surface area (Å²) >= 11 is 0. The molecule has 5 aromatic rings. The summed E-state index contributed by atoms with van der Waals surface area (Å²) in [5.74, 6) is -0.572. The Balaban J connectivity index is 0.885. The summed E-state index contributed by atoms with van der Waals surface area (Å²) in [5, 5.41) is 5.47. The molecular formula is C36H32N6O7. The van der Waals surface area contributed by atoms with Crippen LogP contribution in [0.4, 0.5) is 5.82 Å². The monoisotopic (exact) mass is 660 g/mol. The van der Waals surface area contributed by atoms with Crippen molar-refractivity contribution in [2.24, 2.45) is 0 Å². The summed E-state index contributed by atoms with van der Waals surface area (Å²) in [4.78, 5) is 60.1. The van der Waals surface area contributed by atoms with Gasteiger partial charge in [-0.3, -0.25) is 29.4 Å². The molecule has 2 aliphatic heterocycles. The van der Waals surface area contributed by atoms with Crippen LogP contribution in [0.3, 0.4) is 0 Å². The van der Waals surface area contributed by atoms with E-state index in [9.17, 15) is 19.2 Å². The van der Waals surface area contributed by atoms with Crippen LogP contribution in [-0.2, 0) is 14.3 Å². The number of benzene rings is 2. The van der Waals surface area contributed by atoms with Gasteiger partial charge in [-0.15, -0.1) is 0 Å². The number of rotatable bonds is 12. The standard InChI is InChI=1S/C36H32N6O7/c1-47-25-9-11-31-39-27(21-41(31)20-25)23-7-5-22(6-8-23)24-13-14-37-30(19-24)38-15-16-48-17-18-49-29-4-2-3-26-33(29)36(46)42(35(26)45)28-10-12-32(43)40-34(28)44/h2-9,11,13-14,19-21,28H,10,12,15-18H2,1H3,(H,37,38)(H,40,43,44). The molecule has 0 spiro atoms. The van der Waals surface area contributed by atoms with Crippen LogP contribution in [0, 0.1) is 0 Å². The first-order valence-electron chi connectivity index (χ1n) is 15.8. The van der Waals surface area contributed by atoms with Crippen LogP contribution in [0.25, 0.3) is 28.0 Å². The van der Waals surface area contributed by atoms with E-state index < -0.39 is 29.7 Å². The van der Waals surface area contributed by atoms with Gasteiger partial charge in [-0.05, 0) is 53.9 Å². The van der Waals surface area contributed by atoms with E-state index in [1.807, 2.05) is 53.2 Å². The Morgan fingerprint density at radius 2 is 1.73 bits per heavy atom. The predicted octanol–water partition coefficient (Wildman–Crippen LogP) is 3.98. The molecule has 13 nitrogen and oxygen atoms in total. The number of imide groups is 2. The largest absolute Gasteiger partial charge is 0.495 e. The number of piperidine rings is 1. The highest BCUT2D eigenvalue weighted by atomic mass is 16.5. The summed E-state index contributed by atoms with van der Waals surface area (Å²) in [7, 11) is 1.64. The minimum atomic E-state index is -1.04. The summed E-state index contributed by atoms with van der Waals surface area (Å²) in [6.07, 6.45) is 5.77. The number of ether oxygens (including phenoxy) is 3. The fourth-order valence-corrected chi connectivity index (χ4v) is 5.94. The molecular weight excluding hydrogens is 628 g/mol. The fourth-order valence-electron chi connectivity index (χ4n) is 5.94. The average Bonchev–Trinajstić information content (AvgIpc) is 3.66. The Hall–Kier alpha value is -6.08. The topological polar surface area (TPSA) is 153 Å². The molecule has 2 aliphatic rings. The molecule has 0 radical (unpaired) electrons. The zero-order valence-electron chi connectivity index (χ0n) is 26.5. The van der Waals surface area contributed by atoms with Crippen LogP contribution < -0.4 is 20.1 Å². The van der Waals surface area contributed by atoms with Crippen LogP contribution in [0.5, 0.6) is 11.5 Å². The van der Waals surface area contributed by atoms with Gasteiger partial charge in [0.05, 0.1) is 43.3 Å². The highest BCUT2D eigenvalue weighted by molar-refractivity contribution is 6.24. The maximum absolute atomic E-state index is 13.2. The van der Waals surface area contributed by atoms with E-state index in [-0.39, 0.29) is 42.9 Å². The maximum Gasteiger partial charge on any atom is 0.266 e. The summed E-state index contributed by atoms with van der Waals surface area (Å²) in [6.45, 7) is 1.26. The van der Waals surface area contributed by atoms with Crippen molar-refractivity contribution in [3.63, 3.8) is 0 Å². The van der Waals surface area contributed by atoms with Crippen molar-refractivity contribution in [3.8, 4) is 33.9 Å². The van der Waals surface area contributed by atoms with Gasteiger partial charge in [-0.25, -0.2) is 9.97 Å². The lowest BCUT2D eigenvalue weighted by Crippen LogP contribution is -2.54. The Bertz CT molecular complexity index is 2080. The molecule has 1 atom stereocenters. The van der Waals surface area contributed by atoms with Crippen LogP contribution in [0.2, 0.25) is 0 Å². The number of carbonyl (C=O) groups is 4. The number of imidazole rings is 1. The number of amides is 4. The molecule has 5 heterocycles. The van der Waals surface area contributed by atoms with E-state index in [1.165, 1.54) is 6.07 Å². The van der Waals surface area contributed by atoms with Gasteiger partial charge >= 0.3 is 0 Å².